The lowest BCUT2D eigenvalue weighted by Gasteiger charge is -2.27. The lowest BCUT2D eigenvalue weighted by atomic mass is 9.87. The summed E-state index contributed by atoms with van der Waals surface area (Å²) in [6, 6.07) is 10.7. The highest BCUT2D eigenvalue weighted by molar-refractivity contribution is 6.30. The van der Waals surface area contributed by atoms with Crippen LogP contribution in [0.5, 0.6) is 11.5 Å². The Bertz CT molecular complexity index is 852. The Kier molecular flexibility index (Phi) is 4.11. The fourth-order valence-corrected chi connectivity index (χ4v) is 3.02. The summed E-state index contributed by atoms with van der Waals surface area (Å²) < 4.78 is 5.76. The monoisotopic (exact) mass is 353 g/mol. The molecule has 1 aromatic carbocycles. The number of rotatable bonds is 5. The molecule has 1 saturated carbocycles. The fraction of sp³-hybridized carbons (Fsp3) is 0.211. The molecule has 0 bridgehead atoms. The van der Waals surface area contributed by atoms with Crippen LogP contribution in [0.2, 0.25) is 5.02 Å². The van der Waals surface area contributed by atoms with Gasteiger partial charge in [-0.25, -0.2) is 9.97 Å². The normalized spacial score (nSPS) is 16.2. The molecule has 0 spiro atoms. The van der Waals surface area contributed by atoms with Crippen molar-refractivity contribution in [3.63, 3.8) is 0 Å². The van der Waals surface area contributed by atoms with Crippen LogP contribution in [0.3, 0.4) is 0 Å². The molecule has 0 saturated heterocycles. The van der Waals surface area contributed by atoms with E-state index in [1.54, 1.807) is 55.0 Å². The number of nitrogens with zero attached hydrogens (tertiary/aromatic N) is 3. The molecule has 0 aliphatic heterocycles. The van der Waals surface area contributed by atoms with E-state index < -0.39 is 5.60 Å². The molecule has 4 rings (SSSR count). The maximum absolute atomic E-state index is 11.3. The van der Waals surface area contributed by atoms with Crippen LogP contribution in [0.25, 0.3) is 0 Å². The van der Waals surface area contributed by atoms with Gasteiger partial charge in [0.1, 0.15) is 23.4 Å². The zero-order chi connectivity index (χ0) is 17.3. The first-order valence-electron chi connectivity index (χ1n) is 8.04. The maximum atomic E-state index is 11.3. The zero-order valence-corrected chi connectivity index (χ0v) is 14.1. The van der Waals surface area contributed by atoms with Crippen LogP contribution < -0.4 is 4.74 Å². The van der Waals surface area contributed by atoms with E-state index in [0.717, 1.165) is 12.8 Å². The Hall–Kier alpha value is -2.50. The van der Waals surface area contributed by atoms with Crippen molar-refractivity contribution in [1.82, 2.24) is 15.0 Å². The highest BCUT2D eigenvalue weighted by atomic mass is 35.5. The smallest absolute Gasteiger partial charge is 0.145 e. The first kappa shape index (κ1) is 16.0. The van der Waals surface area contributed by atoms with Crippen molar-refractivity contribution in [1.29, 1.82) is 0 Å². The number of benzene rings is 1. The molecule has 0 radical (unpaired) electrons. The molecule has 1 N–H and O–H groups in total. The van der Waals surface area contributed by atoms with E-state index in [2.05, 4.69) is 15.0 Å². The van der Waals surface area contributed by atoms with Gasteiger partial charge in [0, 0.05) is 23.0 Å². The summed E-state index contributed by atoms with van der Waals surface area (Å²) in [5.74, 6) is 1.40. The number of aromatic nitrogens is 3. The summed E-state index contributed by atoms with van der Waals surface area (Å²) in [6.07, 6.45) is 8.26. The molecule has 6 heteroatoms. The molecule has 1 fully saturated rings. The summed E-state index contributed by atoms with van der Waals surface area (Å²) in [5.41, 5.74) is 0.0738. The van der Waals surface area contributed by atoms with Crippen LogP contribution in [-0.4, -0.2) is 20.1 Å². The largest absolute Gasteiger partial charge is 0.456 e. The van der Waals surface area contributed by atoms with Gasteiger partial charge in [-0.15, -0.1) is 0 Å². The lowest BCUT2D eigenvalue weighted by molar-refractivity contribution is 0.0511. The topological polar surface area (TPSA) is 68.1 Å². The third kappa shape index (κ3) is 3.21. The van der Waals surface area contributed by atoms with Crippen LogP contribution >= 0.6 is 11.6 Å². The van der Waals surface area contributed by atoms with Gasteiger partial charge in [-0.05, 0) is 55.2 Å². The van der Waals surface area contributed by atoms with Gasteiger partial charge in [0.05, 0.1) is 11.9 Å². The van der Waals surface area contributed by atoms with E-state index >= 15 is 0 Å². The predicted molar refractivity (Wildman–Crippen MR) is 93.5 cm³/mol. The van der Waals surface area contributed by atoms with Gasteiger partial charge in [-0.2, -0.15) is 0 Å². The van der Waals surface area contributed by atoms with Gasteiger partial charge < -0.3 is 9.84 Å². The summed E-state index contributed by atoms with van der Waals surface area (Å²) in [5, 5.41) is 12.0. The van der Waals surface area contributed by atoms with Gasteiger partial charge in [0.25, 0.3) is 0 Å². The van der Waals surface area contributed by atoms with Gasteiger partial charge in [-0.1, -0.05) is 11.6 Å². The van der Waals surface area contributed by atoms with Gasteiger partial charge in [0.15, 0.2) is 0 Å². The highest BCUT2D eigenvalue weighted by Crippen LogP contribution is 2.48. The van der Waals surface area contributed by atoms with Crippen LogP contribution in [-0.2, 0) is 5.60 Å². The number of aliphatic hydroxyl groups is 1. The second-order valence-electron chi connectivity index (χ2n) is 6.10. The Morgan fingerprint density at radius 3 is 2.24 bits per heavy atom. The summed E-state index contributed by atoms with van der Waals surface area (Å²) >= 11 is 5.87. The minimum atomic E-state index is -1.17. The Balaban J connectivity index is 1.61. The lowest BCUT2D eigenvalue weighted by Crippen LogP contribution is -2.31. The third-order valence-corrected chi connectivity index (χ3v) is 4.60. The van der Waals surface area contributed by atoms with E-state index in [0.29, 0.717) is 27.8 Å². The first-order valence-corrected chi connectivity index (χ1v) is 8.42. The predicted octanol–water partition coefficient (Wildman–Crippen LogP) is 3.96. The Morgan fingerprint density at radius 1 is 0.960 bits per heavy atom. The first-order chi connectivity index (χ1) is 12.2. The molecule has 2 aromatic heterocycles. The SMILES string of the molecule is OC(c1cncnc1)(c1ccc(Oc2ccc(Cl)cc2)cn1)C1CC1. The molecule has 1 atom stereocenters. The Morgan fingerprint density at radius 2 is 1.64 bits per heavy atom. The quantitative estimate of drug-likeness (QED) is 0.751. The molecule has 0 amide bonds. The van der Waals surface area contributed by atoms with E-state index in [-0.39, 0.29) is 5.92 Å². The van der Waals surface area contributed by atoms with E-state index in [1.807, 2.05) is 0 Å². The van der Waals surface area contributed by atoms with Crippen molar-refractivity contribution in [2.75, 3.05) is 0 Å². The average Bonchev–Trinajstić information content (AvgIpc) is 3.50. The van der Waals surface area contributed by atoms with Gasteiger partial charge in [-0.3, -0.25) is 4.98 Å². The molecular formula is C19H16ClN3O2. The summed E-state index contributed by atoms with van der Waals surface area (Å²) in [7, 11) is 0. The minimum absolute atomic E-state index is 0.133. The Labute approximate surface area is 150 Å². The van der Waals surface area contributed by atoms with Crippen LogP contribution in [0.15, 0.2) is 61.3 Å². The van der Waals surface area contributed by atoms with Crippen LogP contribution in [0.1, 0.15) is 24.1 Å². The number of hydrogen-bond donors (Lipinski definition) is 1. The van der Waals surface area contributed by atoms with Gasteiger partial charge in [0.2, 0.25) is 0 Å². The van der Waals surface area contributed by atoms with Crippen molar-refractivity contribution >= 4 is 11.6 Å². The van der Waals surface area contributed by atoms with E-state index in [4.69, 9.17) is 16.3 Å². The zero-order valence-electron chi connectivity index (χ0n) is 13.3. The number of pyridine rings is 1. The molecule has 25 heavy (non-hydrogen) atoms. The standard InChI is InChI=1S/C19H16ClN3O2/c20-15-3-5-16(6-4-15)25-17-7-8-18(23-11-17)19(24,13-1-2-13)14-9-21-12-22-10-14/h3-13,24H,1-2H2. The van der Waals surface area contributed by atoms with Crippen LogP contribution in [0, 0.1) is 5.92 Å². The molecule has 5 nitrogen and oxygen atoms in total. The molecule has 1 aliphatic rings. The molecule has 1 aliphatic carbocycles. The summed E-state index contributed by atoms with van der Waals surface area (Å²) in [6.45, 7) is 0. The van der Waals surface area contributed by atoms with Crippen molar-refractivity contribution in [3.05, 3.63) is 77.6 Å². The van der Waals surface area contributed by atoms with Crippen molar-refractivity contribution in [2.24, 2.45) is 5.92 Å². The average molecular weight is 354 g/mol. The highest BCUT2D eigenvalue weighted by Gasteiger charge is 2.48. The molecule has 126 valence electrons. The van der Waals surface area contributed by atoms with Crippen molar-refractivity contribution in [2.45, 2.75) is 18.4 Å². The molecule has 3 aromatic rings. The number of hydrogen-bond acceptors (Lipinski definition) is 5. The summed E-state index contributed by atoms with van der Waals surface area (Å²) in [4.78, 5) is 12.5. The maximum Gasteiger partial charge on any atom is 0.145 e. The minimum Gasteiger partial charge on any atom is -0.456 e. The molecular weight excluding hydrogens is 338 g/mol. The fourth-order valence-electron chi connectivity index (χ4n) is 2.89. The molecule has 1 unspecified atom stereocenters. The number of halogens is 1. The second kappa shape index (κ2) is 6.43. The van der Waals surface area contributed by atoms with Crippen molar-refractivity contribution in [3.8, 4) is 11.5 Å². The van der Waals surface area contributed by atoms with Gasteiger partial charge >= 0.3 is 0 Å². The molecule has 2 heterocycles. The van der Waals surface area contributed by atoms with Crippen LogP contribution in [0.4, 0.5) is 0 Å². The second-order valence-corrected chi connectivity index (χ2v) is 6.54. The van der Waals surface area contributed by atoms with Crippen molar-refractivity contribution < 1.29 is 9.84 Å². The van der Waals surface area contributed by atoms with E-state index in [9.17, 15) is 5.11 Å². The van der Waals surface area contributed by atoms with E-state index in [1.165, 1.54) is 6.33 Å². The third-order valence-electron chi connectivity index (χ3n) is 4.35. The number of ether oxygens (including phenoxy) is 1.